The summed E-state index contributed by atoms with van der Waals surface area (Å²) in [5.74, 6) is -1.21. The third-order valence-electron chi connectivity index (χ3n) is 2.68. The second-order valence-corrected chi connectivity index (χ2v) is 5.31. The van der Waals surface area contributed by atoms with Gasteiger partial charge in [-0.15, -0.1) is 0 Å². The first-order valence-electron chi connectivity index (χ1n) is 6.18. The van der Waals surface area contributed by atoms with E-state index in [4.69, 9.17) is 11.6 Å². The summed E-state index contributed by atoms with van der Waals surface area (Å²) in [7, 11) is 0. The molecule has 0 bridgehead atoms. The van der Waals surface area contributed by atoms with E-state index in [0.29, 0.717) is 21.7 Å². The van der Waals surface area contributed by atoms with Crippen molar-refractivity contribution in [3.8, 4) is 0 Å². The average molecular weight is 373 g/mol. The van der Waals surface area contributed by atoms with Crippen LogP contribution >= 0.6 is 27.5 Å². The Hall–Kier alpha value is -1.66. The lowest BCUT2D eigenvalue weighted by Crippen LogP contribution is -2.16. The van der Waals surface area contributed by atoms with E-state index >= 15 is 0 Å². The fraction of sp³-hybridized carbons (Fsp3) is 0.143. The van der Waals surface area contributed by atoms with Crippen LogP contribution in [0.2, 0.25) is 5.02 Å². The SMILES string of the molecule is CCNc1nccc(C(=O)Nc2cccc(Cl)c2Br)c1F. The monoisotopic (exact) mass is 371 g/mol. The van der Waals surface area contributed by atoms with Gasteiger partial charge in [0.25, 0.3) is 5.91 Å². The van der Waals surface area contributed by atoms with Crippen LogP contribution in [0.5, 0.6) is 0 Å². The molecule has 0 unspecified atom stereocenters. The van der Waals surface area contributed by atoms with Crippen LogP contribution in [0, 0.1) is 5.82 Å². The smallest absolute Gasteiger partial charge is 0.258 e. The normalized spacial score (nSPS) is 10.3. The zero-order valence-corrected chi connectivity index (χ0v) is 13.4. The molecule has 0 aliphatic carbocycles. The van der Waals surface area contributed by atoms with Gasteiger partial charge in [0.15, 0.2) is 11.6 Å². The molecule has 0 saturated heterocycles. The number of amides is 1. The van der Waals surface area contributed by atoms with Crippen molar-refractivity contribution in [1.82, 2.24) is 4.98 Å². The first kappa shape index (κ1) is 15.7. The topological polar surface area (TPSA) is 54.0 Å². The minimum Gasteiger partial charge on any atom is -0.368 e. The van der Waals surface area contributed by atoms with Crippen LogP contribution in [0.25, 0.3) is 0 Å². The highest BCUT2D eigenvalue weighted by Crippen LogP contribution is 2.30. The van der Waals surface area contributed by atoms with E-state index in [1.165, 1.54) is 12.3 Å². The Morgan fingerprint density at radius 3 is 2.90 bits per heavy atom. The number of hydrogen-bond acceptors (Lipinski definition) is 3. The number of carbonyl (C=O) groups excluding carboxylic acids is 1. The van der Waals surface area contributed by atoms with Gasteiger partial charge in [-0.3, -0.25) is 4.79 Å². The molecule has 1 aromatic carbocycles. The molecule has 0 saturated carbocycles. The maximum Gasteiger partial charge on any atom is 0.258 e. The molecule has 110 valence electrons. The lowest BCUT2D eigenvalue weighted by molar-refractivity contribution is 0.102. The van der Waals surface area contributed by atoms with Gasteiger partial charge in [0.05, 0.1) is 20.7 Å². The van der Waals surface area contributed by atoms with Crippen LogP contribution in [-0.2, 0) is 0 Å². The Balaban J connectivity index is 2.29. The zero-order valence-electron chi connectivity index (χ0n) is 11.1. The van der Waals surface area contributed by atoms with Crippen LogP contribution in [-0.4, -0.2) is 17.4 Å². The Morgan fingerprint density at radius 1 is 1.43 bits per heavy atom. The molecular formula is C14H12BrClFN3O. The molecule has 0 aliphatic heterocycles. The number of benzene rings is 1. The van der Waals surface area contributed by atoms with E-state index in [9.17, 15) is 9.18 Å². The third-order valence-corrected chi connectivity index (χ3v) is 4.08. The molecule has 2 aromatic rings. The summed E-state index contributed by atoms with van der Waals surface area (Å²) >= 11 is 9.22. The van der Waals surface area contributed by atoms with Gasteiger partial charge in [-0.25, -0.2) is 9.37 Å². The quantitative estimate of drug-likeness (QED) is 0.840. The van der Waals surface area contributed by atoms with Crippen LogP contribution in [0.4, 0.5) is 15.9 Å². The van der Waals surface area contributed by atoms with Gasteiger partial charge in [0.1, 0.15) is 0 Å². The molecule has 0 fully saturated rings. The summed E-state index contributed by atoms with van der Waals surface area (Å²) in [6.07, 6.45) is 1.38. The van der Waals surface area contributed by atoms with Gasteiger partial charge in [-0.2, -0.15) is 0 Å². The predicted octanol–water partition coefficient (Wildman–Crippen LogP) is 4.32. The largest absolute Gasteiger partial charge is 0.368 e. The number of nitrogens with one attached hydrogen (secondary N) is 2. The molecule has 1 heterocycles. The van der Waals surface area contributed by atoms with Crippen molar-refractivity contribution in [3.05, 3.63) is 51.3 Å². The molecule has 0 radical (unpaired) electrons. The Morgan fingerprint density at radius 2 is 2.19 bits per heavy atom. The van der Waals surface area contributed by atoms with Crippen molar-refractivity contribution in [2.45, 2.75) is 6.92 Å². The summed E-state index contributed by atoms with van der Waals surface area (Å²) in [5, 5.41) is 5.83. The maximum absolute atomic E-state index is 14.2. The molecular weight excluding hydrogens is 361 g/mol. The number of carbonyl (C=O) groups is 1. The molecule has 21 heavy (non-hydrogen) atoms. The second kappa shape index (κ2) is 6.87. The second-order valence-electron chi connectivity index (χ2n) is 4.11. The number of anilines is 2. The van der Waals surface area contributed by atoms with Gasteiger partial charge in [-0.05, 0) is 41.1 Å². The highest BCUT2D eigenvalue weighted by atomic mass is 79.9. The molecule has 2 N–H and O–H groups in total. The molecule has 7 heteroatoms. The number of pyridine rings is 1. The number of rotatable bonds is 4. The van der Waals surface area contributed by atoms with E-state index < -0.39 is 11.7 Å². The minimum absolute atomic E-state index is 0.0512. The number of aromatic nitrogens is 1. The van der Waals surface area contributed by atoms with Crippen molar-refractivity contribution < 1.29 is 9.18 Å². The molecule has 1 aromatic heterocycles. The van der Waals surface area contributed by atoms with Gasteiger partial charge in [0.2, 0.25) is 0 Å². The van der Waals surface area contributed by atoms with Crippen LogP contribution in [0.1, 0.15) is 17.3 Å². The fourth-order valence-electron chi connectivity index (χ4n) is 1.70. The van der Waals surface area contributed by atoms with Crippen molar-refractivity contribution >= 4 is 44.9 Å². The molecule has 0 atom stereocenters. The zero-order chi connectivity index (χ0) is 15.4. The number of halogens is 3. The van der Waals surface area contributed by atoms with E-state index in [0.717, 1.165) is 0 Å². The summed E-state index contributed by atoms with van der Waals surface area (Å²) in [4.78, 5) is 16.0. The first-order chi connectivity index (χ1) is 10.0. The summed E-state index contributed by atoms with van der Waals surface area (Å²) in [6, 6.07) is 6.36. The lowest BCUT2D eigenvalue weighted by atomic mass is 10.2. The van der Waals surface area contributed by atoms with Crippen molar-refractivity contribution in [2.75, 3.05) is 17.2 Å². The molecule has 4 nitrogen and oxygen atoms in total. The first-order valence-corrected chi connectivity index (χ1v) is 7.35. The molecule has 0 aliphatic rings. The Kier molecular flexibility index (Phi) is 5.14. The third kappa shape index (κ3) is 3.51. The Labute approximate surface area is 134 Å². The van der Waals surface area contributed by atoms with E-state index in [1.807, 2.05) is 6.92 Å². The van der Waals surface area contributed by atoms with Crippen molar-refractivity contribution in [3.63, 3.8) is 0 Å². The molecule has 2 rings (SSSR count). The van der Waals surface area contributed by atoms with Crippen molar-refractivity contribution in [1.29, 1.82) is 0 Å². The number of hydrogen-bond donors (Lipinski definition) is 2. The molecule has 0 spiro atoms. The standard InChI is InChI=1S/C14H12BrClFN3O/c1-2-18-13-12(17)8(6-7-19-13)14(21)20-10-5-3-4-9(16)11(10)15/h3-7H,2H2,1H3,(H,18,19)(H,20,21). The number of nitrogens with zero attached hydrogens (tertiary/aromatic N) is 1. The highest BCUT2D eigenvalue weighted by Gasteiger charge is 2.17. The average Bonchev–Trinajstić information content (AvgIpc) is 2.46. The van der Waals surface area contributed by atoms with Crippen LogP contribution in [0.3, 0.4) is 0 Å². The summed E-state index contributed by atoms with van der Waals surface area (Å²) in [5.41, 5.74) is 0.376. The lowest BCUT2D eigenvalue weighted by Gasteiger charge is -2.10. The van der Waals surface area contributed by atoms with Gasteiger partial charge < -0.3 is 10.6 Å². The molecule has 1 amide bonds. The van der Waals surface area contributed by atoms with Crippen LogP contribution < -0.4 is 10.6 Å². The van der Waals surface area contributed by atoms with E-state index in [2.05, 4.69) is 31.5 Å². The minimum atomic E-state index is -0.685. The highest BCUT2D eigenvalue weighted by molar-refractivity contribution is 9.10. The maximum atomic E-state index is 14.2. The van der Waals surface area contributed by atoms with E-state index in [1.54, 1.807) is 18.2 Å². The fourth-order valence-corrected chi connectivity index (χ4v) is 2.24. The predicted molar refractivity (Wildman–Crippen MR) is 85.5 cm³/mol. The van der Waals surface area contributed by atoms with Crippen LogP contribution in [0.15, 0.2) is 34.9 Å². The van der Waals surface area contributed by atoms with E-state index in [-0.39, 0.29) is 11.4 Å². The van der Waals surface area contributed by atoms with Gasteiger partial charge >= 0.3 is 0 Å². The summed E-state index contributed by atoms with van der Waals surface area (Å²) in [6.45, 7) is 2.33. The summed E-state index contributed by atoms with van der Waals surface area (Å²) < 4.78 is 14.7. The van der Waals surface area contributed by atoms with Gasteiger partial charge in [-0.1, -0.05) is 17.7 Å². The van der Waals surface area contributed by atoms with Gasteiger partial charge in [0, 0.05) is 12.7 Å². The Bertz CT molecular complexity index is 681. The van der Waals surface area contributed by atoms with Crippen molar-refractivity contribution in [2.24, 2.45) is 0 Å².